The van der Waals surface area contributed by atoms with E-state index < -0.39 is 0 Å². The molecule has 1 aliphatic rings. The van der Waals surface area contributed by atoms with E-state index in [1.54, 1.807) is 6.92 Å². The molecular weight excluding hydrogens is 398 g/mol. The molecule has 28 heavy (non-hydrogen) atoms. The van der Waals surface area contributed by atoms with Gasteiger partial charge in [0.2, 0.25) is 16.7 Å². The van der Waals surface area contributed by atoms with Crippen molar-refractivity contribution in [1.82, 2.24) is 24.4 Å². The van der Waals surface area contributed by atoms with E-state index in [0.29, 0.717) is 48.4 Å². The molecule has 0 spiro atoms. The zero-order valence-electron chi connectivity index (χ0n) is 15.8. The number of aryl methyl sites for hydroxylation is 1. The second kappa shape index (κ2) is 7.69. The normalized spacial score (nSPS) is 16.6. The summed E-state index contributed by atoms with van der Waals surface area (Å²) in [7, 11) is 0. The summed E-state index contributed by atoms with van der Waals surface area (Å²) in [5.74, 6) is 0.895. The maximum absolute atomic E-state index is 11.7. The van der Waals surface area contributed by atoms with Gasteiger partial charge in [-0.25, -0.2) is 4.98 Å². The number of piperazine rings is 1. The smallest absolute Gasteiger partial charge is 0.230 e. The van der Waals surface area contributed by atoms with Crippen LogP contribution >= 0.6 is 22.9 Å². The van der Waals surface area contributed by atoms with Gasteiger partial charge in [0.05, 0.1) is 10.9 Å². The number of benzene rings is 1. The number of carbonyl (C=O) groups excluding carboxylic acids is 1. The fourth-order valence-electron chi connectivity index (χ4n) is 3.61. The van der Waals surface area contributed by atoms with Crippen molar-refractivity contribution >= 4 is 33.8 Å². The molecule has 3 heterocycles. The average Bonchev–Trinajstić information content (AvgIpc) is 3.23. The molecule has 1 unspecified atom stereocenters. The van der Waals surface area contributed by atoms with Gasteiger partial charge in [-0.3, -0.25) is 9.69 Å². The van der Waals surface area contributed by atoms with Gasteiger partial charge in [-0.1, -0.05) is 48.1 Å². The number of carbonyl (C=O) groups is 1. The lowest BCUT2D eigenvalue weighted by molar-refractivity contribution is -0.130. The fraction of sp³-hybridized carbons (Fsp3) is 0.421. The first kappa shape index (κ1) is 19.2. The lowest BCUT2D eigenvalue weighted by atomic mass is 10.0. The highest BCUT2D eigenvalue weighted by Crippen LogP contribution is 2.42. The molecule has 1 atom stereocenters. The molecule has 0 radical (unpaired) electrons. The second-order valence-electron chi connectivity index (χ2n) is 6.83. The summed E-state index contributed by atoms with van der Waals surface area (Å²) in [6.07, 6.45) is 0.712. The van der Waals surface area contributed by atoms with E-state index >= 15 is 0 Å². The highest BCUT2D eigenvalue weighted by Gasteiger charge is 2.33. The van der Waals surface area contributed by atoms with Crippen LogP contribution in [0.2, 0.25) is 5.02 Å². The molecule has 1 saturated heterocycles. The van der Waals surface area contributed by atoms with Crippen LogP contribution < -0.4 is 0 Å². The standard InChI is InChI=1S/C19H22ClN5O2S/c1-3-15-21-19-25(22-15)18(27)17(28-19)16(13-6-4-5-7-14(13)20)24-10-8-23(9-11-24)12(2)26/h4-7,16,27H,3,8-11H2,1-2H3. The minimum atomic E-state index is -0.221. The molecule has 148 valence electrons. The molecule has 1 N–H and O–H groups in total. The first-order chi connectivity index (χ1) is 13.5. The van der Waals surface area contributed by atoms with Crippen LogP contribution in [-0.4, -0.2) is 61.6 Å². The molecule has 1 aromatic carbocycles. The number of hydrogen-bond donors (Lipinski definition) is 1. The summed E-state index contributed by atoms with van der Waals surface area (Å²) in [4.78, 5) is 21.7. The van der Waals surface area contributed by atoms with Crippen molar-refractivity contribution in [1.29, 1.82) is 0 Å². The molecule has 1 aliphatic heterocycles. The number of fused-ring (bicyclic) bond motifs is 1. The van der Waals surface area contributed by atoms with Crippen LogP contribution in [0.25, 0.3) is 4.96 Å². The maximum Gasteiger partial charge on any atom is 0.230 e. The van der Waals surface area contributed by atoms with Crippen molar-refractivity contribution < 1.29 is 9.90 Å². The summed E-state index contributed by atoms with van der Waals surface area (Å²) in [6.45, 7) is 6.28. The van der Waals surface area contributed by atoms with Crippen LogP contribution in [0, 0.1) is 0 Å². The van der Waals surface area contributed by atoms with Crippen molar-refractivity contribution in [3.8, 4) is 5.88 Å². The van der Waals surface area contributed by atoms with E-state index in [1.165, 1.54) is 15.9 Å². The van der Waals surface area contributed by atoms with Gasteiger partial charge in [0.15, 0.2) is 5.82 Å². The Morgan fingerprint density at radius 1 is 1.29 bits per heavy atom. The first-order valence-electron chi connectivity index (χ1n) is 9.31. The summed E-state index contributed by atoms with van der Waals surface area (Å²) in [6, 6.07) is 7.47. The molecule has 0 saturated carbocycles. The number of thiazole rings is 1. The quantitative estimate of drug-likeness (QED) is 0.703. The summed E-state index contributed by atoms with van der Waals surface area (Å²) >= 11 is 7.96. The van der Waals surface area contributed by atoms with E-state index in [1.807, 2.05) is 36.1 Å². The Morgan fingerprint density at radius 2 is 2.00 bits per heavy atom. The number of halogens is 1. The van der Waals surface area contributed by atoms with Crippen molar-refractivity contribution in [2.75, 3.05) is 26.2 Å². The van der Waals surface area contributed by atoms with Gasteiger partial charge in [-0.15, -0.1) is 5.10 Å². The molecular formula is C19H22ClN5O2S. The monoisotopic (exact) mass is 419 g/mol. The van der Waals surface area contributed by atoms with E-state index in [-0.39, 0.29) is 17.8 Å². The second-order valence-corrected chi connectivity index (χ2v) is 8.25. The summed E-state index contributed by atoms with van der Waals surface area (Å²) < 4.78 is 1.51. The summed E-state index contributed by atoms with van der Waals surface area (Å²) in [5, 5.41) is 16.0. The number of aromatic hydroxyl groups is 1. The largest absolute Gasteiger partial charge is 0.492 e. The van der Waals surface area contributed by atoms with Gasteiger partial charge in [-0.2, -0.15) is 4.52 Å². The Labute approximate surface area is 172 Å². The Balaban J connectivity index is 1.76. The molecule has 9 heteroatoms. The number of amides is 1. The lowest BCUT2D eigenvalue weighted by Gasteiger charge is -2.39. The van der Waals surface area contributed by atoms with Gasteiger partial charge in [0, 0.05) is 44.5 Å². The van der Waals surface area contributed by atoms with Gasteiger partial charge in [0.1, 0.15) is 0 Å². The number of rotatable bonds is 4. The zero-order chi connectivity index (χ0) is 19.8. The third-order valence-electron chi connectivity index (χ3n) is 5.13. The summed E-state index contributed by atoms with van der Waals surface area (Å²) in [5.41, 5.74) is 0.927. The van der Waals surface area contributed by atoms with Crippen molar-refractivity contribution in [2.24, 2.45) is 0 Å². The number of aromatic nitrogens is 3. The average molecular weight is 420 g/mol. The first-order valence-corrected chi connectivity index (χ1v) is 10.5. The SMILES string of the molecule is CCc1nc2sc(C(c3ccccc3Cl)N3CCN(C(C)=O)CC3)c(O)n2n1. The highest BCUT2D eigenvalue weighted by atomic mass is 35.5. The minimum Gasteiger partial charge on any atom is -0.492 e. The molecule has 0 aliphatic carbocycles. The number of nitrogens with zero attached hydrogens (tertiary/aromatic N) is 5. The topological polar surface area (TPSA) is 74.0 Å². The van der Waals surface area contributed by atoms with Gasteiger partial charge in [-0.05, 0) is 11.6 Å². The molecule has 4 rings (SSSR count). The fourth-order valence-corrected chi connectivity index (χ4v) is 4.98. The highest BCUT2D eigenvalue weighted by molar-refractivity contribution is 7.17. The van der Waals surface area contributed by atoms with Crippen LogP contribution in [0.15, 0.2) is 24.3 Å². The van der Waals surface area contributed by atoms with Crippen molar-refractivity contribution in [3.05, 3.63) is 45.6 Å². The van der Waals surface area contributed by atoms with Gasteiger partial charge in [0.25, 0.3) is 0 Å². The van der Waals surface area contributed by atoms with E-state index in [4.69, 9.17) is 11.6 Å². The van der Waals surface area contributed by atoms with Crippen LogP contribution in [0.3, 0.4) is 0 Å². The molecule has 7 nitrogen and oxygen atoms in total. The predicted molar refractivity (Wildman–Crippen MR) is 109 cm³/mol. The third-order valence-corrected chi connectivity index (χ3v) is 6.55. The predicted octanol–water partition coefficient (Wildman–Crippen LogP) is 2.97. The van der Waals surface area contributed by atoms with Crippen molar-refractivity contribution in [3.63, 3.8) is 0 Å². The van der Waals surface area contributed by atoms with Crippen LogP contribution in [-0.2, 0) is 11.2 Å². The Hall–Kier alpha value is -2.16. The van der Waals surface area contributed by atoms with Gasteiger partial charge >= 0.3 is 0 Å². The number of hydrogen-bond acceptors (Lipinski definition) is 6. The zero-order valence-corrected chi connectivity index (χ0v) is 17.4. The third kappa shape index (κ3) is 3.36. The maximum atomic E-state index is 11.7. The van der Waals surface area contributed by atoms with E-state index in [9.17, 15) is 9.90 Å². The Bertz CT molecular complexity index is 1010. The van der Waals surface area contributed by atoms with E-state index in [2.05, 4.69) is 15.0 Å². The van der Waals surface area contributed by atoms with Gasteiger partial charge < -0.3 is 10.0 Å². The van der Waals surface area contributed by atoms with E-state index in [0.717, 1.165) is 10.4 Å². The molecule has 1 amide bonds. The molecule has 0 bridgehead atoms. The Kier molecular flexibility index (Phi) is 5.27. The van der Waals surface area contributed by atoms with Crippen LogP contribution in [0.1, 0.15) is 36.2 Å². The molecule has 3 aromatic rings. The van der Waals surface area contributed by atoms with Crippen LogP contribution in [0.4, 0.5) is 0 Å². The molecule has 1 fully saturated rings. The molecule has 2 aromatic heterocycles. The van der Waals surface area contributed by atoms with Crippen LogP contribution in [0.5, 0.6) is 5.88 Å². The Morgan fingerprint density at radius 3 is 2.61 bits per heavy atom. The lowest BCUT2D eigenvalue weighted by Crippen LogP contribution is -2.49. The van der Waals surface area contributed by atoms with Crippen molar-refractivity contribution in [2.45, 2.75) is 26.3 Å². The minimum absolute atomic E-state index is 0.0858.